The number of rotatable bonds is 3. The number of likely N-dealkylation sites (N-methyl/N-ethyl adjacent to an activating group) is 1. The molecule has 0 bridgehead atoms. The van der Waals surface area contributed by atoms with E-state index in [0.717, 1.165) is 4.90 Å². The fourth-order valence-corrected chi connectivity index (χ4v) is 1.45. The Morgan fingerprint density at radius 3 is 2.67 bits per heavy atom. The van der Waals surface area contributed by atoms with Crippen LogP contribution in [0.25, 0.3) is 0 Å². The van der Waals surface area contributed by atoms with Crippen LogP contribution in [0, 0.1) is 0 Å². The largest absolute Gasteiger partial charge is 0.343 e. The van der Waals surface area contributed by atoms with Crippen LogP contribution >= 0.6 is 15.9 Å². The van der Waals surface area contributed by atoms with Crippen LogP contribution in [0.15, 0.2) is 0 Å². The van der Waals surface area contributed by atoms with E-state index in [1.807, 2.05) is 6.92 Å². The average Bonchev–Trinajstić information content (AvgIpc) is 2.45. The van der Waals surface area contributed by atoms with E-state index in [2.05, 4.69) is 21.2 Å². The second kappa shape index (κ2) is 4.74. The van der Waals surface area contributed by atoms with Gasteiger partial charge in [0.05, 0.1) is 11.2 Å². The molecular weight excluding hydrogens is 264 g/mol. The number of hydrogen-bond donors (Lipinski definition) is 1. The van der Waals surface area contributed by atoms with E-state index >= 15 is 0 Å². The normalized spacial score (nSPS) is 23.1. The summed E-state index contributed by atoms with van der Waals surface area (Å²) in [6, 6.07) is -0.693. The van der Waals surface area contributed by atoms with Crippen molar-refractivity contribution in [2.24, 2.45) is 0 Å². The number of alkyl halides is 1. The van der Waals surface area contributed by atoms with E-state index in [1.54, 1.807) is 0 Å². The molecule has 0 aromatic rings. The second-order valence-electron chi connectivity index (χ2n) is 3.43. The predicted octanol–water partition coefficient (Wildman–Crippen LogP) is 0.0334. The Hall–Kier alpha value is -0.910. The molecule has 6 heteroatoms. The number of halogens is 1. The molecule has 0 aliphatic carbocycles. The van der Waals surface area contributed by atoms with Gasteiger partial charge in [-0.25, -0.2) is 0 Å². The highest BCUT2D eigenvalue weighted by Gasteiger charge is 2.37. The highest BCUT2D eigenvalue weighted by atomic mass is 79.9. The third kappa shape index (κ3) is 2.56. The number of likely N-dealkylation sites (tertiary alicyclic amines) is 1. The van der Waals surface area contributed by atoms with Crippen LogP contribution in [0.3, 0.4) is 0 Å². The molecule has 1 rings (SSSR count). The molecule has 15 heavy (non-hydrogen) atoms. The van der Waals surface area contributed by atoms with Gasteiger partial charge in [-0.3, -0.25) is 19.3 Å². The molecule has 3 amide bonds. The molecule has 0 radical (unpaired) electrons. The molecule has 0 saturated carbocycles. The third-order valence-corrected chi connectivity index (χ3v) is 3.40. The highest BCUT2D eigenvalue weighted by Crippen LogP contribution is 2.12. The molecule has 1 aliphatic heterocycles. The quantitative estimate of drug-likeness (QED) is 0.585. The van der Waals surface area contributed by atoms with Crippen LogP contribution in [0.2, 0.25) is 0 Å². The van der Waals surface area contributed by atoms with Gasteiger partial charge in [-0.15, -0.1) is 0 Å². The first kappa shape index (κ1) is 12.2. The number of carbonyl (C=O) groups excluding carboxylic acids is 3. The van der Waals surface area contributed by atoms with E-state index in [1.165, 1.54) is 7.05 Å². The van der Waals surface area contributed by atoms with Crippen LogP contribution in [0.4, 0.5) is 0 Å². The van der Waals surface area contributed by atoms with Gasteiger partial charge in [0.1, 0.15) is 6.04 Å². The first-order chi connectivity index (χ1) is 6.97. The van der Waals surface area contributed by atoms with Gasteiger partial charge < -0.3 is 5.32 Å². The third-order valence-electron chi connectivity index (χ3n) is 2.34. The Labute approximate surface area is 96.3 Å². The van der Waals surface area contributed by atoms with Crippen molar-refractivity contribution >= 4 is 33.7 Å². The Balaban J connectivity index is 2.57. The molecule has 0 spiro atoms. The molecule has 0 aromatic heterocycles. The standard InChI is InChI=1S/C9H13BrN2O3/c1-3-5(10)8(14)11-6-4-7(13)12(2)9(6)15/h5-6H,3-4H2,1-2H3,(H,11,14). The lowest BCUT2D eigenvalue weighted by Crippen LogP contribution is -2.43. The van der Waals surface area contributed by atoms with E-state index in [-0.39, 0.29) is 29.0 Å². The predicted molar refractivity (Wildman–Crippen MR) is 57.3 cm³/mol. The van der Waals surface area contributed by atoms with Crippen LogP contribution < -0.4 is 5.32 Å². The number of nitrogens with zero attached hydrogens (tertiary/aromatic N) is 1. The molecule has 2 unspecified atom stereocenters. The maximum atomic E-state index is 11.4. The lowest BCUT2D eigenvalue weighted by Gasteiger charge is -2.13. The molecule has 1 saturated heterocycles. The minimum Gasteiger partial charge on any atom is -0.343 e. The number of hydrogen-bond acceptors (Lipinski definition) is 3. The van der Waals surface area contributed by atoms with Gasteiger partial charge in [-0.05, 0) is 6.42 Å². The summed E-state index contributed by atoms with van der Waals surface area (Å²) in [4.78, 5) is 34.8. The molecule has 1 aliphatic rings. The van der Waals surface area contributed by atoms with Crippen LogP contribution in [-0.4, -0.2) is 40.5 Å². The van der Waals surface area contributed by atoms with Gasteiger partial charge >= 0.3 is 0 Å². The molecule has 5 nitrogen and oxygen atoms in total. The average molecular weight is 277 g/mol. The lowest BCUT2D eigenvalue weighted by atomic mass is 10.2. The van der Waals surface area contributed by atoms with E-state index < -0.39 is 6.04 Å². The van der Waals surface area contributed by atoms with E-state index in [9.17, 15) is 14.4 Å². The molecule has 0 aromatic carbocycles. The maximum absolute atomic E-state index is 11.4. The molecule has 1 fully saturated rings. The Bertz CT molecular complexity index is 306. The number of nitrogens with one attached hydrogen (secondary N) is 1. The first-order valence-corrected chi connectivity index (χ1v) is 5.63. The summed E-state index contributed by atoms with van der Waals surface area (Å²) in [6.45, 7) is 1.85. The summed E-state index contributed by atoms with van der Waals surface area (Å²) in [5.74, 6) is -0.851. The maximum Gasteiger partial charge on any atom is 0.252 e. The summed E-state index contributed by atoms with van der Waals surface area (Å²) in [5, 5.41) is 2.54. The van der Waals surface area contributed by atoms with Crippen LogP contribution in [0.5, 0.6) is 0 Å². The van der Waals surface area contributed by atoms with Crippen molar-refractivity contribution in [2.75, 3.05) is 7.05 Å². The van der Waals surface area contributed by atoms with Gasteiger partial charge in [-0.1, -0.05) is 22.9 Å². The van der Waals surface area contributed by atoms with Gasteiger partial charge in [0.25, 0.3) is 5.91 Å². The van der Waals surface area contributed by atoms with Gasteiger partial charge in [-0.2, -0.15) is 0 Å². The van der Waals surface area contributed by atoms with E-state index in [0.29, 0.717) is 6.42 Å². The van der Waals surface area contributed by atoms with Gasteiger partial charge in [0.2, 0.25) is 11.8 Å². The van der Waals surface area contributed by atoms with Crippen molar-refractivity contribution in [3.05, 3.63) is 0 Å². The molecular formula is C9H13BrN2O3. The fraction of sp³-hybridized carbons (Fsp3) is 0.667. The summed E-state index contributed by atoms with van der Waals surface area (Å²) < 4.78 is 0. The zero-order chi connectivity index (χ0) is 11.6. The lowest BCUT2D eigenvalue weighted by molar-refractivity contribution is -0.138. The zero-order valence-corrected chi connectivity index (χ0v) is 10.2. The highest BCUT2D eigenvalue weighted by molar-refractivity contribution is 9.10. The Morgan fingerprint density at radius 1 is 1.67 bits per heavy atom. The topological polar surface area (TPSA) is 66.5 Å². The van der Waals surface area contributed by atoms with Crippen molar-refractivity contribution in [3.63, 3.8) is 0 Å². The summed E-state index contributed by atoms with van der Waals surface area (Å²) in [6.07, 6.45) is 0.695. The zero-order valence-electron chi connectivity index (χ0n) is 8.62. The summed E-state index contributed by atoms with van der Waals surface area (Å²) >= 11 is 3.18. The molecule has 2 atom stereocenters. The number of carbonyl (C=O) groups is 3. The molecule has 1 heterocycles. The Kier molecular flexibility index (Phi) is 3.84. The van der Waals surface area contributed by atoms with Gasteiger partial charge in [0, 0.05) is 7.05 Å². The minimum atomic E-state index is -0.693. The van der Waals surface area contributed by atoms with E-state index in [4.69, 9.17) is 0 Å². The SMILES string of the molecule is CCC(Br)C(=O)NC1CC(=O)N(C)C1=O. The van der Waals surface area contributed by atoms with Crippen molar-refractivity contribution in [1.29, 1.82) is 0 Å². The monoisotopic (exact) mass is 276 g/mol. The second-order valence-corrected chi connectivity index (χ2v) is 4.54. The molecule has 1 N–H and O–H groups in total. The summed E-state index contributed by atoms with van der Waals surface area (Å²) in [7, 11) is 1.42. The van der Waals surface area contributed by atoms with Gasteiger partial charge in [0.15, 0.2) is 0 Å². The molecule has 84 valence electrons. The Morgan fingerprint density at radius 2 is 2.27 bits per heavy atom. The minimum absolute atomic E-state index is 0.0600. The first-order valence-electron chi connectivity index (χ1n) is 4.72. The van der Waals surface area contributed by atoms with Crippen molar-refractivity contribution in [2.45, 2.75) is 30.6 Å². The smallest absolute Gasteiger partial charge is 0.252 e. The number of imide groups is 1. The van der Waals surface area contributed by atoms with Crippen LogP contribution in [-0.2, 0) is 14.4 Å². The van der Waals surface area contributed by atoms with Crippen molar-refractivity contribution < 1.29 is 14.4 Å². The van der Waals surface area contributed by atoms with Crippen molar-refractivity contribution in [3.8, 4) is 0 Å². The fourth-order valence-electron chi connectivity index (χ4n) is 1.32. The van der Waals surface area contributed by atoms with Crippen LogP contribution in [0.1, 0.15) is 19.8 Å². The van der Waals surface area contributed by atoms with Crippen molar-refractivity contribution in [1.82, 2.24) is 10.2 Å². The number of amides is 3. The summed E-state index contributed by atoms with van der Waals surface area (Å²) in [5.41, 5.74) is 0.